The molecule has 0 heterocycles. The van der Waals surface area contributed by atoms with Gasteiger partial charge in [-0.25, -0.2) is 0 Å². The van der Waals surface area contributed by atoms with Gasteiger partial charge in [0.2, 0.25) is 0 Å². The molecule has 1 aliphatic carbocycles. The summed E-state index contributed by atoms with van der Waals surface area (Å²) in [5.74, 6) is 0. The molecule has 36 heavy (non-hydrogen) atoms. The molecule has 0 aliphatic heterocycles. The van der Waals surface area contributed by atoms with Crippen molar-refractivity contribution in [1.82, 2.24) is 0 Å². The summed E-state index contributed by atoms with van der Waals surface area (Å²) < 4.78 is 0. The number of hydrogen-bond donors (Lipinski definition) is 0. The molecule has 0 nitrogen and oxygen atoms in total. The van der Waals surface area contributed by atoms with Gasteiger partial charge in [-0.2, -0.15) is 0 Å². The minimum Gasteiger partial charge on any atom is -0.0654 e. The van der Waals surface area contributed by atoms with E-state index in [0.717, 1.165) is 0 Å². The summed E-state index contributed by atoms with van der Waals surface area (Å²) in [6.07, 6.45) is 7.33. The molecule has 0 bridgehead atoms. The first-order chi connectivity index (χ1) is 17.4. The Morgan fingerprint density at radius 1 is 0.528 bits per heavy atom. The maximum atomic E-state index is 2.48. The predicted octanol–water partition coefficient (Wildman–Crippen LogP) is 7.90. The highest BCUT2D eigenvalue weighted by atomic mass is 28.3. The molecular formula is C35H44Si. The van der Waals surface area contributed by atoms with Crippen LogP contribution in [0.25, 0.3) is 0 Å². The summed E-state index contributed by atoms with van der Waals surface area (Å²) in [6.45, 7) is 14.0. The molecule has 188 valence electrons. The maximum Gasteiger partial charge on any atom is 0.159 e. The topological polar surface area (TPSA) is 0 Å². The molecule has 0 fully saturated rings. The number of aryl methyl sites for hydroxylation is 2. The standard InChI is InChI=1S/C35H44Si/c1-7-9-14-30-18-22-33(23-19-30)36(32-16-12-11-13-17-32,35-28(5)26(3)27(4)29(35)6)34-24-20-31(21-25-34)15-10-8-2/h11-13,16-25,35H,7-10,14-15H2,1-6H3. The van der Waals surface area contributed by atoms with Crippen LogP contribution in [0, 0.1) is 0 Å². The van der Waals surface area contributed by atoms with E-state index in [1.54, 1.807) is 11.1 Å². The quantitative estimate of drug-likeness (QED) is 0.199. The molecule has 0 saturated heterocycles. The van der Waals surface area contributed by atoms with Crippen molar-refractivity contribution in [3.63, 3.8) is 0 Å². The first kappa shape index (κ1) is 26.4. The zero-order valence-corrected chi connectivity index (χ0v) is 24.3. The van der Waals surface area contributed by atoms with Gasteiger partial charge in [0, 0.05) is 5.54 Å². The molecule has 1 heteroatoms. The molecule has 0 unspecified atom stereocenters. The van der Waals surface area contributed by atoms with E-state index in [1.165, 1.54) is 76.4 Å². The Morgan fingerprint density at radius 2 is 0.917 bits per heavy atom. The summed E-state index contributed by atoms with van der Waals surface area (Å²) in [6, 6.07) is 31.1. The van der Waals surface area contributed by atoms with Gasteiger partial charge in [0.25, 0.3) is 0 Å². The SMILES string of the molecule is CCCCc1ccc([Si](c2ccccc2)(c2ccc(CCCC)cc2)C2C(C)=C(C)C(C)=C2C)cc1. The van der Waals surface area contributed by atoms with Crippen LogP contribution < -0.4 is 15.6 Å². The first-order valence-corrected chi connectivity index (χ1v) is 16.1. The number of benzene rings is 3. The number of rotatable bonds is 10. The van der Waals surface area contributed by atoms with Crippen LogP contribution >= 0.6 is 0 Å². The monoisotopic (exact) mass is 492 g/mol. The summed E-state index contributed by atoms with van der Waals surface area (Å²) in [5, 5.41) is 4.57. The normalized spacial score (nSPS) is 14.7. The molecule has 0 saturated carbocycles. The summed E-state index contributed by atoms with van der Waals surface area (Å²) in [4.78, 5) is 0. The fourth-order valence-corrected chi connectivity index (χ4v) is 12.2. The molecule has 0 amide bonds. The zero-order chi connectivity index (χ0) is 25.7. The highest BCUT2D eigenvalue weighted by molar-refractivity contribution is 7.13. The summed E-state index contributed by atoms with van der Waals surface area (Å²) in [5.41, 5.74) is 9.46. The van der Waals surface area contributed by atoms with Crippen molar-refractivity contribution in [2.24, 2.45) is 0 Å². The lowest BCUT2D eigenvalue weighted by Crippen LogP contribution is -2.70. The van der Waals surface area contributed by atoms with E-state index in [2.05, 4.69) is 120 Å². The zero-order valence-electron chi connectivity index (χ0n) is 23.3. The van der Waals surface area contributed by atoms with Crippen LogP contribution in [0.1, 0.15) is 78.4 Å². The van der Waals surface area contributed by atoms with Crippen molar-refractivity contribution in [2.75, 3.05) is 0 Å². The molecule has 0 atom stereocenters. The molecule has 0 radical (unpaired) electrons. The second-order valence-corrected chi connectivity index (χ2v) is 14.7. The Hall–Kier alpha value is -2.64. The molecule has 3 aromatic carbocycles. The number of unbranched alkanes of at least 4 members (excludes halogenated alkanes) is 2. The van der Waals surface area contributed by atoms with Gasteiger partial charge in [0.05, 0.1) is 0 Å². The van der Waals surface area contributed by atoms with Crippen LogP contribution in [0.2, 0.25) is 5.54 Å². The third-order valence-corrected chi connectivity index (χ3v) is 14.2. The largest absolute Gasteiger partial charge is 0.159 e. The van der Waals surface area contributed by atoms with Crippen LogP contribution in [0.15, 0.2) is 101 Å². The van der Waals surface area contributed by atoms with E-state index in [0.29, 0.717) is 5.54 Å². The van der Waals surface area contributed by atoms with Crippen molar-refractivity contribution in [2.45, 2.75) is 85.6 Å². The molecule has 0 N–H and O–H groups in total. The Bertz CT molecular complexity index is 1130. The van der Waals surface area contributed by atoms with Crippen LogP contribution in [0.5, 0.6) is 0 Å². The molecule has 1 aliphatic rings. The highest BCUT2D eigenvalue weighted by Gasteiger charge is 2.50. The van der Waals surface area contributed by atoms with Crippen molar-refractivity contribution in [3.8, 4) is 0 Å². The highest BCUT2D eigenvalue weighted by Crippen LogP contribution is 2.46. The Balaban J connectivity index is 1.99. The second kappa shape index (κ2) is 11.6. The van der Waals surface area contributed by atoms with E-state index >= 15 is 0 Å². The average Bonchev–Trinajstić information content (AvgIpc) is 3.11. The summed E-state index contributed by atoms with van der Waals surface area (Å²) in [7, 11) is -2.42. The van der Waals surface area contributed by atoms with Gasteiger partial charge >= 0.3 is 0 Å². The minimum absolute atomic E-state index is 0.433. The van der Waals surface area contributed by atoms with Crippen molar-refractivity contribution in [3.05, 3.63) is 112 Å². The maximum absolute atomic E-state index is 2.48. The summed E-state index contributed by atoms with van der Waals surface area (Å²) >= 11 is 0. The minimum atomic E-state index is -2.42. The van der Waals surface area contributed by atoms with Crippen molar-refractivity contribution < 1.29 is 0 Å². The van der Waals surface area contributed by atoms with Crippen LogP contribution in [0.4, 0.5) is 0 Å². The van der Waals surface area contributed by atoms with E-state index < -0.39 is 8.07 Å². The van der Waals surface area contributed by atoms with Gasteiger partial charge < -0.3 is 0 Å². The van der Waals surface area contributed by atoms with E-state index in [1.807, 2.05) is 0 Å². The smallest absolute Gasteiger partial charge is 0.0654 e. The second-order valence-electron chi connectivity index (χ2n) is 10.8. The van der Waals surface area contributed by atoms with Gasteiger partial charge in [-0.05, 0) is 91.2 Å². The van der Waals surface area contributed by atoms with Gasteiger partial charge in [0.15, 0.2) is 8.07 Å². The van der Waals surface area contributed by atoms with Gasteiger partial charge in [-0.3, -0.25) is 0 Å². The number of hydrogen-bond acceptors (Lipinski definition) is 0. The molecule has 0 spiro atoms. The third kappa shape index (κ3) is 4.83. The molecular weight excluding hydrogens is 448 g/mol. The first-order valence-electron chi connectivity index (χ1n) is 14.0. The Labute approximate surface area is 221 Å². The fourth-order valence-electron chi connectivity index (χ4n) is 6.33. The fraction of sp³-hybridized carbons (Fsp3) is 0.371. The van der Waals surface area contributed by atoms with Crippen LogP contribution in [-0.2, 0) is 12.8 Å². The lowest BCUT2D eigenvalue weighted by Gasteiger charge is -2.41. The lowest BCUT2D eigenvalue weighted by atomic mass is 10.1. The Kier molecular flexibility index (Phi) is 8.52. The van der Waals surface area contributed by atoms with E-state index in [9.17, 15) is 0 Å². The van der Waals surface area contributed by atoms with Gasteiger partial charge in [-0.15, -0.1) is 0 Å². The lowest BCUT2D eigenvalue weighted by molar-refractivity contribution is 0.795. The van der Waals surface area contributed by atoms with Gasteiger partial charge in [-0.1, -0.05) is 117 Å². The van der Waals surface area contributed by atoms with Gasteiger partial charge in [0.1, 0.15) is 0 Å². The Morgan fingerprint density at radius 3 is 1.31 bits per heavy atom. The third-order valence-electron chi connectivity index (χ3n) is 8.73. The molecule has 0 aromatic heterocycles. The van der Waals surface area contributed by atoms with E-state index in [4.69, 9.17) is 0 Å². The van der Waals surface area contributed by atoms with Crippen molar-refractivity contribution in [1.29, 1.82) is 0 Å². The van der Waals surface area contributed by atoms with Crippen molar-refractivity contribution >= 4 is 23.6 Å². The number of allylic oxidation sites excluding steroid dienone is 4. The molecule has 4 rings (SSSR count). The predicted molar refractivity (Wildman–Crippen MR) is 162 cm³/mol. The van der Waals surface area contributed by atoms with E-state index in [-0.39, 0.29) is 0 Å². The molecule has 3 aromatic rings. The average molecular weight is 493 g/mol. The van der Waals surface area contributed by atoms with Crippen LogP contribution in [-0.4, -0.2) is 8.07 Å². The van der Waals surface area contributed by atoms with Crippen LogP contribution in [0.3, 0.4) is 0 Å².